The van der Waals surface area contributed by atoms with Crippen LogP contribution in [0, 0.1) is 17.8 Å². The Morgan fingerprint density at radius 1 is 0.950 bits per heavy atom. The van der Waals surface area contributed by atoms with Crippen molar-refractivity contribution >= 4 is 29.3 Å². The molecule has 2 fully saturated rings. The molecule has 5 rings (SSSR count). The van der Waals surface area contributed by atoms with E-state index in [4.69, 9.17) is 4.74 Å². The van der Waals surface area contributed by atoms with Gasteiger partial charge in [0.2, 0.25) is 11.8 Å². The molecule has 2 aromatic rings. The van der Waals surface area contributed by atoms with Crippen LogP contribution < -0.4 is 10.2 Å². The summed E-state index contributed by atoms with van der Waals surface area (Å²) >= 11 is 0. The highest BCUT2D eigenvalue weighted by Gasteiger charge is 2.45. The summed E-state index contributed by atoms with van der Waals surface area (Å²) in [4.78, 5) is 54.2. The second-order valence-corrected chi connectivity index (χ2v) is 11.0. The van der Waals surface area contributed by atoms with Crippen LogP contribution in [0.2, 0.25) is 0 Å². The molecule has 3 heterocycles. The number of ether oxygens (including phenoxy) is 1. The topological polar surface area (TPSA) is 96.0 Å². The molecule has 2 aromatic carbocycles. The van der Waals surface area contributed by atoms with Gasteiger partial charge in [0.15, 0.2) is 0 Å². The summed E-state index contributed by atoms with van der Waals surface area (Å²) < 4.78 is 5.55. The van der Waals surface area contributed by atoms with E-state index in [-0.39, 0.29) is 24.0 Å². The van der Waals surface area contributed by atoms with Crippen molar-refractivity contribution in [2.24, 2.45) is 5.92 Å². The Morgan fingerprint density at radius 2 is 1.65 bits per heavy atom. The van der Waals surface area contributed by atoms with Gasteiger partial charge in [-0.25, -0.2) is 0 Å². The third kappa shape index (κ3) is 5.80. The highest BCUT2D eigenvalue weighted by Crippen LogP contribution is 2.38. The highest BCUT2D eigenvalue weighted by molar-refractivity contribution is 6.24. The molecule has 208 valence electrons. The summed E-state index contributed by atoms with van der Waals surface area (Å²) in [5.41, 5.74) is 4.06. The van der Waals surface area contributed by atoms with Gasteiger partial charge in [-0.3, -0.25) is 29.4 Å². The number of amides is 4. The Balaban J connectivity index is 1.43. The van der Waals surface area contributed by atoms with E-state index in [1.54, 1.807) is 12.1 Å². The number of unbranched alkanes of at least 4 members (excludes halogenated alkanes) is 2. The maximum absolute atomic E-state index is 13.5. The first-order valence-electron chi connectivity index (χ1n) is 14.1. The molecular formula is C32H35N3O5. The summed E-state index contributed by atoms with van der Waals surface area (Å²) in [7, 11) is 0. The number of hydrogen-bond donors (Lipinski definition) is 1. The number of benzene rings is 2. The summed E-state index contributed by atoms with van der Waals surface area (Å²) in [6.07, 6.45) is 4.60. The minimum absolute atomic E-state index is 0.0846. The van der Waals surface area contributed by atoms with Crippen molar-refractivity contribution in [1.82, 2.24) is 10.2 Å². The van der Waals surface area contributed by atoms with Crippen molar-refractivity contribution in [3.63, 3.8) is 0 Å². The van der Waals surface area contributed by atoms with E-state index in [0.29, 0.717) is 26.3 Å². The molecule has 8 nitrogen and oxygen atoms in total. The van der Waals surface area contributed by atoms with Gasteiger partial charge in [-0.05, 0) is 48.6 Å². The Morgan fingerprint density at radius 3 is 2.33 bits per heavy atom. The molecule has 0 radical (unpaired) electrons. The van der Waals surface area contributed by atoms with Crippen LogP contribution in [0.15, 0.2) is 36.4 Å². The van der Waals surface area contributed by atoms with Crippen LogP contribution in [-0.2, 0) is 14.3 Å². The molecule has 1 atom stereocenters. The number of nitrogens with zero attached hydrogens (tertiary/aromatic N) is 2. The fraction of sp³-hybridized carbons (Fsp3) is 0.438. The van der Waals surface area contributed by atoms with Crippen LogP contribution in [0.4, 0.5) is 5.69 Å². The van der Waals surface area contributed by atoms with Crippen LogP contribution in [-0.4, -0.2) is 60.9 Å². The number of carbonyl (C=O) groups excluding carboxylic acids is 4. The van der Waals surface area contributed by atoms with E-state index in [1.807, 2.05) is 24.3 Å². The molecule has 2 saturated heterocycles. The van der Waals surface area contributed by atoms with E-state index < -0.39 is 29.7 Å². The van der Waals surface area contributed by atoms with Crippen LogP contribution >= 0.6 is 0 Å². The molecule has 0 saturated carbocycles. The summed E-state index contributed by atoms with van der Waals surface area (Å²) in [5.74, 6) is 5.21. The first kappa shape index (κ1) is 27.6. The third-order valence-electron chi connectivity index (χ3n) is 7.67. The SMILES string of the molecule is CC(C)CCCCC#Cc1ccc(-c2cc3c(cc2N2CCOCC2)C(=O)N(C2CCC(=O)NC2=O)C3=O)cc1. The predicted molar refractivity (Wildman–Crippen MR) is 152 cm³/mol. The van der Waals surface area contributed by atoms with Gasteiger partial charge in [-0.2, -0.15) is 0 Å². The zero-order chi connectivity index (χ0) is 28.2. The Kier molecular flexibility index (Phi) is 8.32. The van der Waals surface area contributed by atoms with Crippen molar-refractivity contribution in [2.75, 3.05) is 31.2 Å². The number of fused-ring (bicyclic) bond motifs is 1. The van der Waals surface area contributed by atoms with Crippen LogP contribution in [0.3, 0.4) is 0 Å². The second-order valence-electron chi connectivity index (χ2n) is 11.0. The van der Waals surface area contributed by atoms with Crippen molar-refractivity contribution < 1.29 is 23.9 Å². The van der Waals surface area contributed by atoms with Crippen molar-refractivity contribution in [3.8, 4) is 23.0 Å². The Hall–Kier alpha value is -3.96. The maximum Gasteiger partial charge on any atom is 0.262 e. The summed E-state index contributed by atoms with van der Waals surface area (Å²) in [5, 5.41) is 2.25. The summed E-state index contributed by atoms with van der Waals surface area (Å²) in [6, 6.07) is 10.5. The second kappa shape index (κ2) is 12.1. The molecule has 1 unspecified atom stereocenters. The molecule has 40 heavy (non-hydrogen) atoms. The largest absolute Gasteiger partial charge is 0.378 e. The van der Waals surface area contributed by atoms with Crippen molar-refractivity contribution in [2.45, 2.75) is 58.4 Å². The van der Waals surface area contributed by atoms with Gasteiger partial charge in [0.1, 0.15) is 6.04 Å². The van der Waals surface area contributed by atoms with E-state index in [1.165, 1.54) is 12.8 Å². The normalized spacial score (nSPS) is 19.0. The standard InChI is InChI=1S/C32H35N3O5/c1-21(2)7-5-3-4-6-8-22-9-11-23(12-10-22)24-19-25-26(20-28(24)34-15-17-40-18-16-34)32(39)35(31(25)38)27-13-14-29(36)33-30(27)37/h9-12,19-21,27H,3-5,7,13-18H2,1-2H3,(H,33,36,37). The molecule has 3 aliphatic rings. The van der Waals surface area contributed by atoms with E-state index in [9.17, 15) is 19.2 Å². The number of nitrogens with one attached hydrogen (secondary N) is 1. The van der Waals surface area contributed by atoms with Crippen LogP contribution in [0.5, 0.6) is 0 Å². The van der Waals surface area contributed by atoms with Crippen LogP contribution in [0.1, 0.15) is 78.7 Å². The number of anilines is 1. The number of carbonyl (C=O) groups is 4. The molecule has 0 bridgehead atoms. The van der Waals surface area contributed by atoms with Gasteiger partial charge in [0.25, 0.3) is 11.8 Å². The number of piperidine rings is 1. The zero-order valence-corrected chi connectivity index (χ0v) is 23.1. The lowest BCUT2D eigenvalue weighted by molar-refractivity contribution is -0.136. The number of rotatable bonds is 7. The van der Waals surface area contributed by atoms with Crippen molar-refractivity contribution in [3.05, 3.63) is 53.1 Å². The monoisotopic (exact) mass is 541 g/mol. The lowest BCUT2D eigenvalue weighted by Crippen LogP contribution is -2.54. The zero-order valence-electron chi connectivity index (χ0n) is 23.1. The molecule has 0 aliphatic carbocycles. The summed E-state index contributed by atoms with van der Waals surface area (Å²) in [6.45, 7) is 6.92. The van der Waals surface area contributed by atoms with Crippen molar-refractivity contribution in [1.29, 1.82) is 0 Å². The van der Waals surface area contributed by atoms with E-state index in [0.717, 1.165) is 46.0 Å². The average molecular weight is 542 g/mol. The van der Waals surface area contributed by atoms with Gasteiger partial charge in [-0.15, -0.1) is 0 Å². The molecule has 1 N–H and O–H groups in total. The highest BCUT2D eigenvalue weighted by atomic mass is 16.5. The quantitative estimate of drug-likeness (QED) is 0.321. The maximum atomic E-state index is 13.5. The predicted octanol–water partition coefficient (Wildman–Crippen LogP) is 4.16. The fourth-order valence-corrected chi connectivity index (χ4v) is 5.47. The molecule has 0 aromatic heterocycles. The Labute approximate surface area is 235 Å². The molecular weight excluding hydrogens is 506 g/mol. The van der Waals surface area contributed by atoms with E-state index in [2.05, 4.69) is 35.9 Å². The van der Waals surface area contributed by atoms with Gasteiger partial charge in [0, 0.05) is 42.7 Å². The fourth-order valence-electron chi connectivity index (χ4n) is 5.47. The number of morpholine rings is 1. The van der Waals surface area contributed by atoms with Gasteiger partial charge in [0.05, 0.1) is 24.3 Å². The molecule has 3 aliphatic heterocycles. The molecule has 4 amide bonds. The minimum Gasteiger partial charge on any atom is -0.378 e. The van der Waals surface area contributed by atoms with Gasteiger partial charge < -0.3 is 9.64 Å². The average Bonchev–Trinajstić information content (AvgIpc) is 3.19. The lowest BCUT2D eigenvalue weighted by Gasteiger charge is -2.31. The number of hydrogen-bond acceptors (Lipinski definition) is 6. The number of imide groups is 2. The first-order chi connectivity index (χ1) is 19.3. The lowest BCUT2D eigenvalue weighted by atomic mass is 9.96. The smallest absolute Gasteiger partial charge is 0.262 e. The van der Waals surface area contributed by atoms with E-state index >= 15 is 0 Å². The van der Waals surface area contributed by atoms with Gasteiger partial charge >= 0.3 is 0 Å². The molecule has 8 heteroatoms. The Bertz CT molecular complexity index is 1380. The van der Waals surface area contributed by atoms with Crippen LogP contribution in [0.25, 0.3) is 11.1 Å². The van der Waals surface area contributed by atoms with Gasteiger partial charge in [-0.1, -0.05) is 50.7 Å². The first-order valence-corrected chi connectivity index (χ1v) is 14.1. The minimum atomic E-state index is -0.997. The third-order valence-corrected chi connectivity index (χ3v) is 7.67. The molecule has 0 spiro atoms.